The highest BCUT2D eigenvalue weighted by Crippen LogP contribution is 2.26. The van der Waals surface area contributed by atoms with E-state index in [0.717, 1.165) is 4.68 Å². The first-order valence-corrected chi connectivity index (χ1v) is 6.84. The van der Waals surface area contributed by atoms with Gasteiger partial charge in [0.1, 0.15) is 5.92 Å². The highest BCUT2D eigenvalue weighted by atomic mass is 32.2. The number of hydrogen-bond donors (Lipinski definition) is 1. The number of rotatable bonds is 2. The molecule has 1 aromatic heterocycles. The van der Waals surface area contributed by atoms with Crippen molar-refractivity contribution in [1.82, 2.24) is 14.8 Å². The topological polar surface area (TPSA) is 76.9 Å². The molecule has 7 heteroatoms. The second-order valence-corrected chi connectivity index (χ2v) is 4.78. The first kappa shape index (κ1) is 11.9. The van der Waals surface area contributed by atoms with E-state index < -0.39 is 5.92 Å². The number of nitrogens with zero attached hydrogens (tertiary/aromatic N) is 3. The summed E-state index contributed by atoms with van der Waals surface area (Å²) in [7, 11) is 0. The van der Waals surface area contributed by atoms with Gasteiger partial charge < -0.3 is 0 Å². The molecule has 1 aliphatic rings. The fourth-order valence-corrected chi connectivity index (χ4v) is 2.31. The van der Waals surface area contributed by atoms with Gasteiger partial charge >= 0.3 is 0 Å². The van der Waals surface area contributed by atoms with Crippen molar-refractivity contribution in [1.29, 1.82) is 0 Å². The second kappa shape index (κ2) is 4.51. The van der Waals surface area contributed by atoms with Crippen LogP contribution in [0.1, 0.15) is 16.3 Å². The smallest absolute Gasteiger partial charge is 0.267 e. The lowest BCUT2D eigenvalue weighted by Gasteiger charge is -2.20. The summed E-state index contributed by atoms with van der Waals surface area (Å²) in [5, 5.41) is 7.13. The van der Waals surface area contributed by atoms with E-state index in [4.69, 9.17) is 0 Å². The number of carbonyl (C=O) groups excluding carboxylic acids is 2. The fourth-order valence-electron chi connectivity index (χ4n) is 1.97. The van der Waals surface area contributed by atoms with Gasteiger partial charge in [0.25, 0.3) is 5.91 Å². The van der Waals surface area contributed by atoms with Crippen LogP contribution < -0.4 is 5.32 Å². The molecule has 0 fully saturated rings. The molecule has 0 radical (unpaired) electrons. The van der Waals surface area contributed by atoms with Gasteiger partial charge in [-0.3, -0.25) is 14.9 Å². The summed E-state index contributed by atoms with van der Waals surface area (Å²) in [6.07, 6.45) is 1.81. The van der Waals surface area contributed by atoms with E-state index in [1.807, 2.05) is 12.3 Å². The Morgan fingerprint density at radius 2 is 2.00 bits per heavy atom. The molecule has 2 aromatic rings. The SMILES string of the molecule is CSc1nc2n(n1)C(=O)[C@H](c1ccccc1)C(=O)N2. The third kappa shape index (κ3) is 1.91. The highest BCUT2D eigenvalue weighted by molar-refractivity contribution is 7.98. The number of aromatic nitrogens is 3. The average Bonchev–Trinajstić information content (AvgIpc) is 2.83. The molecule has 3 rings (SSSR count). The van der Waals surface area contributed by atoms with Crippen LogP contribution in [-0.4, -0.2) is 32.8 Å². The summed E-state index contributed by atoms with van der Waals surface area (Å²) in [6.45, 7) is 0. The summed E-state index contributed by atoms with van der Waals surface area (Å²) in [5.74, 6) is -1.43. The second-order valence-electron chi connectivity index (χ2n) is 4.01. The molecule has 0 bridgehead atoms. The van der Waals surface area contributed by atoms with E-state index in [-0.39, 0.29) is 17.8 Å². The zero-order chi connectivity index (χ0) is 13.4. The predicted octanol–water partition coefficient (Wildman–Crippen LogP) is 1.38. The Hall–Kier alpha value is -2.15. The van der Waals surface area contributed by atoms with Crippen molar-refractivity contribution in [3.8, 4) is 0 Å². The standard InChI is InChI=1S/C12H10N4O2S/c1-19-12-14-11-13-9(17)8(10(18)16(11)15-12)7-5-3-2-4-6-7/h2-6,8H,1H3,(H,13,14,15,17)/t8-/m1/s1. The molecular weight excluding hydrogens is 264 g/mol. The third-order valence-electron chi connectivity index (χ3n) is 2.86. The van der Waals surface area contributed by atoms with Gasteiger partial charge in [-0.15, -0.1) is 5.10 Å². The zero-order valence-corrected chi connectivity index (χ0v) is 10.8. The molecule has 0 unspecified atom stereocenters. The Bertz CT molecular complexity index is 653. The van der Waals surface area contributed by atoms with Crippen LogP contribution in [0.15, 0.2) is 35.5 Å². The van der Waals surface area contributed by atoms with E-state index in [1.165, 1.54) is 11.8 Å². The summed E-state index contributed by atoms with van der Waals surface area (Å²) in [5.41, 5.74) is 0.650. The molecule has 6 nitrogen and oxygen atoms in total. The van der Waals surface area contributed by atoms with Gasteiger partial charge in [-0.05, 0) is 11.8 Å². The molecule has 0 spiro atoms. The molecule has 1 amide bonds. The minimum absolute atomic E-state index is 0.187. The first-order chi connectivity index (χ1) is 9.20. The summed E-state index contributed by atoms with van der Waals surface area (Å²) in [4.78, 5) is 28.5. The largest absolute Gasteiger partial charge is 0.293 e. The van der Waals surface area contributed by atoms with Gasteiger partial charge in [0.15, 0.2) is 0 Å². The zero-order valence-electron chi connectivity index (χ0n) is 10.0. The maximum Gasteiger partial charge on any atom is 0.267 e. The van der Waals surface area contributed by atoms with Crippen LogP contribution in [-0.2, 0) is 4.79 Å². The van der Waals surface area contributed by atoms with Gasteiger partial charge in [0.2, 0.25) is 17.0 Å². The third-order valence-corrected chi connectivity index (χ3v) is 3.39. The number of nitrogens with one attached hydrogen (secondary N) is 1. The van der Waals surface area contributed by atoms with Crippen molar-refractivity contribution in [3.05, 3.63) is 35.9 Å². The molecule has 0 aliphatic carbocycles. The number of fused-ring (bicyclic) bond motifs is 1. The molecular formula is C12H10N4O2S. The van der Waals surface area contributed by atoms with Crippen LogP contribution in [0.3, 0.4) is 0 Å². The van der Waals surface area contributed by atoms with Crippen molar-refractivity contribution >= 4 is 29.5 Å². The van der Waals surface area contributed by atoms with Gasteiger partial charge in [-0.25, -0.2) is 0 Å². The monoisotopic (exact) mass is 274 g/mol. The summed E-state index contributed by atoms with van der Waals surface area (Å²) in [6, 6.07) is 8.92. The maximum absolute atomic E-state index is 12.3. The average molecular weight is 274 g/mol. The first-order valence-electron chi connectivity index (χ1n) is 5.62. The van der Waals surface area contributed by atoms with E-state index in [0.29, 0.717) is 10.7 Å². The minimum Gasteiger partial charge on any atom is -0.293 e. The van der Waals surface area contributed by atoms with Crippen molar-refractivity contribution < 1.29 is 9.59 Å². The van der Waals surface area contributed by atoms with E-state index >= 15 is 0 Å². The molecule has 1 aliphatic heterocycles. The van der Waals surface area contributed by atoms with Crippen LogP contribution >= 0.6 is 11.8 Å². The quantitative estimate of drug-likeness (QED) is 0.661. The lowest BCUT2D eigenvalue weighted by Crippen LogP contribution is -2.38. The van der Waals surface area contributed by atoms with Crippen molar-refractivity contribution in [2.75, 3.05) is 11.6 Å². The maximum atomic E-state index is 12.3. The van der Waals surface area contributed by atoms with Crippen LogP contribution in [0, 0.1) is 0 Å². The van der Waals surface area contributed by atoms with Crippen LogP contribution in [0.5, 0.6) is 0 Å². The number of thioether (sulfide) groups is 1. The molecule has 0 saturated heterocycles. The lowest BCUT2D eigenvalue weighted by atomic mass is 9.96. The number of anilines is 1. The van der Waals surface area contributed by atoms with Crippen molar-refractivity contribution in [2.24, 2.45) is 0 Å². The van der Waals surface area contributed by atoms with Crippen molar-refractivity contribution in [2.45, 2.75) is 11.1 Å². The van der Waals surface area contributed by atoms with E-state index in [1.54, 1.807) is 24.3 Å². The minimum atomic E-state index is -0.870. The van der Waals surface area contributed by atoms with E-state index in [9.17, 15) is 9.59 Å². The number of carbonyl (C=O) groups is 2. The van der Waals surface area contributed by atoms with E-state index in [2.05, 4.69) is 15.4 Å². The van der Waals surface area contributed by atoms with Crippen molar-refractivity contribution in [3.63, 3.8) is 0 Å². The molecule has 2 heterocycles. The Labute approximate surface area is 113 Å². The Morgan fingerprint density at radius 3 is 2.68 bits per heavy atom. The Balaban J connectivity index is 2.05. The Kier molecular flexibility index (Phi) is 2.83. The molecule has 1 atom stereocenters. The predicted molar refractivity (Wildman–Crippen MR) is 70.2 cm³/mol. The fraction of sp³-hybridized carbons (Fsp3) is 0.167. The highest BCUT2D eigenvalue weighted by Gasteiger charge is 2.37. The molecule has 0 saturated carbocycles. The van der Waals surface area contributed by atoms with Crippen LogP contribution in [0.2, 0.25) is 0 Å². The van der Waals surface area contributed by atoms with Gasteiger partial charge in [-0.1, -0.05) is 42.1 Å². The summed E-state index contributed by atoms with van der Waals surface area (Å²) >= 11 is 1.32. The molecule has 1 aromatic carbocycles. The molecule has 96 valence electrons. The Morgan fingerprint density at radius 1 is 1.26 bits per heavy atom. The normalized spacial score (nSPS) is 18.1. The van der Waals surface area contributed by atoms with Gasteiger partial charge in [0, 0.05) is 0 Å². The lowest BCUT2D eigenvalue weighted by molar-refractivity contribution is -0.117. The summed E-state index contributed by atoms with van der Waals surface area (Å²) < 4.78 is 1.16. The van der Waals surface area contributed by atoms with Gasteiger partial charge in [-0.2, -0.15) is 9.67 Å². The number of amides is 1. The number of benzene rings is 1. The number of hydrogen-bond acceptors (Lipinski definition) is 5. The van der Waals surface area contributed by atoms with Gasteiger partial charge in [0.05, 0.1) is 0 Å². The van der Waals surface area contributed by atoms with Crippen LogP contribution in [0.4, 0.5) is 5.95 Å². The molecule has 19 heavy (non-hydrogen) atoms. The van der Waals surface area contributed by atoms with Crippen LogP contribution in [0.25, 0.3) is 0 Å². The molecule has 1 N–H and O–H groups in total.